The van der Waals surface area contributed by atoms with E-state index in [0.29, 0.717) is 27.9 Å². The monoisotopic (exact) mass is 476 g/mol. The van der Waals surface area contributed by atoms with E-state index in [2.05, 4.69) is 4.98 Å². The predicted octanol–water partition coefficient (Wildman–Crippen LogP) is 7.42. The van der Waals surface area contributed by atoms with Crippen molar-refractivity contribution in [2.45, 2.75) is 44.5 Å². The Kier molecular flexibility index (Phi) is 6.98. The van der Waals surface area contributed by atoms with Gasteiger partial charge in [0, 0.05) is 24.6 Å². The minimum Gasteiger partial charge on any atom is -0.491 e. The summed E-state index contributed by atoms with van der Waals surface area (Å²) in [7, 11) is 1.50. The fraction of sp³-hybridized carbons (Fsp3) is 0.320. The highest BCUT2D eigenvalue weighted by atomic mass is 35.5. The number of ether oxygens (including phenoxy) is 2. The Hall–Kier alpha value is -2.93. The van der Waals surface area contributed by atoms with E-state index in [0.717, 1.165) is 43.4 Å². The molecule has 1 aromatic heterocycles. The third kappa shape index (κ3) is 5.36. The lowest BCUT2D eigenvalue weighted by Gasteiger charge is -2.30. The van der Waals surface area contributed by atoms with Crippen LogP contribution in [-0.4, -0.2) is 18.2 Å². The van der Waals surface area contributed by atoms with Gasteiger partial charge in [0.15, 0.2) is 11.5 Å². The topological polar surface area (TPSA) is 34.6 Å². The van der Waals surface area contributed by atoms with Gasteiger partial charge in [0.25, 0.3) is 0 Å². The molecule has 0 aliphatic heterocycles. The molecular formula is C25H24ClF3N2O2. The minimum atomic E-state index is -4.46. The molecular weight excluding hydrogens is 453 g/mol. The normalized spacial score (nSPS) is 14.3. The third-order valence-electron chi connectivity index (χ3n) is 5.67. The van der Waals surface area contributed by atoms with Gasteiger partial charge < -0.3 is 14.4 Å². The van der Waals surface area contributed by atoms with E-state index < -0.39 is 11.7 Å². The molecule has 1 fully saturated rings. The van der Waals surface area contributed by atoms with Gasteiger partial charge in [-0.3, -0.25) is 4.98 Å². The molecule has 3 aromatic rings. The molecule has 1 aliphatic rings. The molecule has 1 heterocycles. The maximum atomic E-state index is 13.5. The van der Waals surface area contributed by atoms with Crippen LogP contribution in [0.4, 0.5) is 24.5 Å². The fourth-order valence-corrected chi connectivity index (χ4v) is 4.28. The second-order valence-electron chi connectivity index (χ2n) is 7.95. The highest BCUT2D eigenvalue weighted by molar-refractivity contribution is 6.32. The van der Waals surface area contributed by atoms with Crippen LogP contribution in [-0.2, 0) is 12.7 Å². The molecule has 1 aliphatic carbocycles. The Bertz CT molecular complexity index is 1090. The highest BCUT2D eigenvalue weighted by Crippen LogP contribution is 2.47. The molecule has 0 unspecified atom stereocenters. The number of nitrogens with zero attached hydrogens (tertiary/aromatic N) is 2. The Morgan fingerprint density at radius 2 is 1.85 bits per heavy atom. The quantitative estimate of drug-likeness (QED) is 0.355. The lowest BCUT2D eigenvalue weighted by molar-refractivity contribution is -0.137. The standard InChI is InChI=1S/C25H24ClF3N2O2/c1-32-23-21(26)11-12-22(24(23)33-20-9-2-3-10-20)31(16-17-6-5-13-30-15-17)19-8-4-7-18(14-19)25(27,28)29/h4-8,11-15,20H,2-3,9-10,16H2,1H3. The van der Waals surface area contributed by atoms with Gasteiger partial charge in [-0.15, -0.1) is 0 Å². The van der Waals surface area contributed by atoms with Crippen molar-refractivity contribution in [3.05, 3.63) is 77.1 Å². The van der Waals surface area contributed by atoms with Crippen molar-refractivity contribution in [1.29, 1.82) is 0 Å². The van der Waals surface area contributed by atoms with Gasteiger partial charge in [0.05, 0.1) is 29.5 Å². The molecule has 0 amide bonds. The van der Waals surface area contributed by atoms with Crippen molar-refractivity contribution in [3.63, 3.8) is 0 Å². The summed E-state index contributed by atoms with van der Waals surface area (Å²) in [6.45, 7) is 0.279. The number of methoxy groups -OCH3 is 1. The van der Waals surface area contributed by atoms with Gasteiger partial charge in [-0.05, 0) is 67.6 Å². The van der Waals surface area contributed by atoms with Crippen LogP contribution in [0.25, 0.3) is 0 Å². The predicted molar refractivity (Wildman–Crippen MR) is 122 cm³/mol. The third-order valence-corrected chi connectivity index (χ3v) is 5.97. The number of pyridine rings is 1. The molecule has 1 saturated carbocycles. The van der Waals surface area contributed by atoms with Crippen molar-refractivity contribution < 1.29 is 22.6 Å². The maximum Gasteiger partial charge on any atom is 0.416 e. The van der Waals surface area contributed by atoms with E-state index >= 15 is 0 Å². The molecule has 33 heavy (non-hydrogen) atoms. The van der Waals surface area contributed by atoms with Crippen LogP contribution in [0.3, 0.4) is 0 Å². The maximum absolute atomic E-state index is 13.5. The van der Waals surface area contributed by atoms with Crippen LogP contribution in [0.1, 0.15) is 36.8 Å². The first kappa shape index (κ1) is 23.2. The Balaban J connectivity index is 1.85. The highest BCUT2D eigenvalue weighted by Gasteiger charge is 2.32. The zero-order valence-corrected chi connectivity index (χ0v) is 18.9. The number of halogens is 4. The summed E-state index contributed by atoms with van der Waals surface area (Å²) in [4.78, 5) is 5.92. The van der Waals surface area contributed by atoms with Crippen molar-refractivity contribution in [2.75, 3.05) is 12.0 Å². The minimum absolute atomic E-state index is 0.00197. The lowest BCUT2D eigenvalue weighted by Crippen LogP contribution is -2.20. The zero-order valence-electron chi connectivity index (χ0n) is 18.1. The SMILES string of the molecule is COc1c(Cl)ccc(N(Cc2cccnc2)c2cccc(C(F)(F)F)c2)c1OC1CCCC1. The van der Waals surface area contributed by atoms with Crippen LogP contribution in [0.2, 0.25) is 5.02 Å². The first-order valence-corrected chi connectivity index (χ1v) is 11.1. The van der Waals surface area contributed by atoms with Gasteiger partial charge in [-0.25, -0.2) is 0 Å². The molecule has 0 saturated heterocycles. The van der Waals surface area contributed by atoms with Gasteiger partial charge in [0.1, 0.15) is 0 Å². The van der Waals surface area contributed by atoms with E-state index in [1.807, 2.05) is 6.07 Å². The lowest BCUT2D eigenvalue weighted by atomic mass is 10.1. The van der Waals surface area contributed by atoms with E-state index in [-0.39, 0.29) is 12.6 Å². The van der Waals surface area contributed by atoms with Gasteiger partial charge in [-0.1, -0.05) is 23.7 Å². The molecule has 0 N–H and O–H groups in total. The summed E-state index contributed by atoms with van der Waals surface area (Å²) < 4.78 is 52.4. The summed E-state index contributed by atoms with van der Waals surface area (Å²) in [5.41, 5.74) is 1.05. The van der Waals surface area contributed by atoms with E-state index in [9.17, 15) is 13.2 Å². The molecule has 2 aromatic carbocycles. The van der Waals surface area contributed by atoms with Crippen LogP contribution >= 0.6 is 11.6 Å². The van der Waals surface area contributed by atoms with Crippen LogP contribution in [0.5, 0.6) is 11.5 Å². The van der Waals surface area contributed by atoms with Crippen molar-refractivity contribution in [3.8, 4) is 11.5 Å². The Morgan fingerprint density at radius 3 is 2.52 bits per heavy atom. The molecule has 8 heteroatoms. The average Bonchev–Trinajstić information content (AvgIpc) is 3.32. The zero-order chi connectivity index (χ0) is 23.4. The molecule has 4 nitrogen and oxygen atoms in total. The van der Waals surface area contributed by atoms with Crippen molar-refractivity contribution in [2.24, 2.45) is 0 Å². The number of benzene rings is 2. The number of anilines is 2. The number of aromatic nitrogens is 1. The molecule has 0 bridgehead atoms. The fourth-order valence-electron chi connectivity index (χ4n) is 4.06. The van der Waals surface area contributed by atoms with E-state index in [4.69, 9.17) is 21.1 Å². The number of rotatable bonds is 7. The van der Waals surface area contributed by atoms with Gasteiger partial charge in [-0.2, -0.15) is 13.2 Å². The first-order chi connectivity index (χ1) is 15.9. The summed E-state index contributed by atoms with van der Waals surface area (Å²) in [5, 5.41) is 0.375. The molecule has 0 spiro atoms. The molecule has 0 radical (unpaired) electrons. The molecule has 0 atom stereocenters. The van der Waals surface area contributed by atoms with E-state index in [1.165, 1.54) is 13.2 Å². The molecule has 4 rings (SSSR count). The second kappa shape index (κ2) is 9.91. The first-order valence-electron chi connectivity index (χ1n) is 10.7. The van der Waals surface area contributed by atoms with Gasteiger partial charge >= 0.3 is 6.18 Å². The number of alkyl halides is 3. The largest absolute Gasteiger partial charge is 0.491 e. The van der Waals surface area contributed by atoms with Crippen LogP contribution in [0.15, 0.2) is 60.9 Å². The van der Waals surface area contributed by atoms with Crippen LogP contribution < -0.4 is 14.4 Å². The Morgan fingerprint density at radius 1 is 1.06 bits per heavy atom. The average molecular weight is 477 g/mol. The number of hydrogen-bond acceptors (Lipinski definition) is 4. The second-order valence-corrected chi connectivity index (χ2v) is 8.36. The summed E-state index contributed by atoms with van der Waals surface area (Å²) in [6, 6.07) is 12.3. The Labute approximate surface area is 195 Å². The smallest absolute Gasteiger partial charge is 0.416 e. The van der Waals surface area contributed by atoms with Crippen molar-refractivity contribution >= 4 is 23.0 Å². The van der Waals surface area contributed by atoms with E-state index in [1.54, 1.807) is 41.6 Å². The van der Waals surface area contributed by atoms with Gasteiger partial charge in [0.2, 0.25) is 0 Å². The summed E-state index contributed by atoms with van der Waals surface area (Å²) in [5.74, 6) is 0.794. The van der Waals surface area contributed by atoms with Crippen LogP contribution in [0, 0.1) is 0 Å². The summed E-state index contributed by atoms with van der Waals surface area (Å²) in [6.07, 6.45) is 2.81. The van der Waals surface area contributed by atoms with Crippen molar-refractivity contribution in [1.82, 2.24) is 4.98 Å². The summed E-state index contributed by atoms with van der Waals surface area (Å²) >= 11 is 6.40. The number of hydrogen-bond donors (Lipinski definition) is 0. The molecule has 174 valence electrons.